The van der Waals surface area contributed by atoms with Crippen molar-refractivity contribution in [1.82, 2.24) is 0 Å². The van der Waals surface area contributed by atoms with E-state index in [0.717, 1.165) is 37.5 Å². The number of carbonyl (C=O) groups excluding carboxylic acids is 1. The number of ether oxygens (including phenoxy) is 1. The summed E-state index contributed by atoms with van der Waals surface area (Å²) in [5.41, 5.74) is 5.03. The molecule has 0 aromatic heterocycles. The molecule has 0 spiro atoms. The number of halogens is 3. The summed E-state index contributed by atoms with van der Waals surface area (Å²) in [7, 11) is 0. The van der Waals surface area contributed by atoms with Crippen LogP contribution in [0.3, 0.4) is 0 Å². The van der Waals surface area contributed by atoms with Crippen molar-refractivity contribution in [1.29, 1.82) is 0 Å². The van der Waals surface area contributed by atoms with Crippen molar-refractivity contribution < 1.29 is 9.53 Å². The molecule has 0 aliphatic carbocycles. The van der Waals surface area contributed by atoms with Crippen LogP contribution in [0.15, 0.2) is 111 Å². The smallest absolute Gasteiger partial charge is 0.271 e. The molecule has 0 unspecified atom stereocenters. The number of hydrogen-bond donors (Lipinski definition) is 0. The Labute approximate surface area is 273 Å². The highest BCUT2D eigenvalue weighted by atomic mass is 79.9. The van der Waals surface area contributed by atoms with E-state index in [2.05, 4.69) is 15.9 Å². The highest BCUT2D eigenvalue weighted by molar-refractivity contribution is 9.10. The van der Waals surface area contributed by atoms with Crippen LogP contribution >= 0.6 is 50.9 Å². The van der Waals surface area contributed by atoms with Crippen LogP contribution in [0.1, 0.15) is 22.3 Å². The van der Waals surface area contributed by atoms with Crippen LogP contribution < -0.4 is 9.64 Å². The molecular formula is C35H25BrCl2N2O2S. The Morgan fingerprint density at radius 2 is 1.60 bits per heavy atom. The summed E-state index contributed by atoms with van der Waals surface area (Å²) in [5.74, 6) is 0.483. The summed E-state index contributed by atoms with van der Waals surface area (Å²) >= 11 is 17.7. The third kappa shape index (κ3) is 6.38. The normalized spacial score (nSPS) is 15.2. The Kier molecular flexibility index (Phi) is 8.64. The molecule has 0 saturated carbocycles. The molecule has 1 saturated heterocycles. The lowest BCUT2D eigenvalue weighted by Crippen LogP contribution is -2.28. The zero-order chi connectivity index (χ0) is 30.1. The number of amides is 1. The number of fused-ring (bicyclic) bond motifs is 1. The maximum atomic E-state index is 14.1. The highest BCUT2D eigenvalue weighted by Gasteiger charge is 2.35. The number of rotatable bonds is 6. The second-order valence-electron chi connectivity index (χ2n) is 10.1. The number of hydrogen-bond acceptors (Lipinski definition) is 4. The highest BCUT2D eigenvalue weighted by Crippen LogP contribution is 2.41. The molecule has 6 rings (SSSR count). The molecule has 1 heterocycles. The van der Waals surface area contributed by atoms with E-state index in [1.165, 1.54) is 11.8 Å². The van der Waals surface area contributed by atoms with Crippen LogP contribution in [0.4, 0.5) is 11.4 Å². The molecule has 43 heavy (non-hydrogen) atoms. The van der Waals surface area contributed by atoms with Crippen molar-refractivity contribution >= 4 is 90.2 Å². The molecule has 0 atom stereocenters. The topological polar surface area (TPSA) is 41.9 Å². The summed E-state index contributed by atoms with van der Waals surface area (Å²) in [5, 5.41) is 3.72. The zero-order valence-electron chi connectivity index (χ0n) is 23.3. The fraction of sp³-hybridized carbons (Fsp3) is 0.0857. The number of thioether (sulfide) groups is 1. The SMILES string of the molecule is Cc1ccc(N=C2S/C(=C/c3c(OCc4ccc(Br)cc4)ccc4ccccc34)C(=O)N2c2ccc(C)c(Cl)c2)cc1Cl. The first-order valence-corrected chi connectivity index (χ1v) is 15.9. The van der Waals surface area contributed by atoms with Gasteiger partial charge in [0.05, 0.1) is 16.3 Å². The lowest BCUT2D eigenvalue weighted by molar-refractivity contribution is -0.113. The Balaban J connectivity index is 1.45. The maximum absolute atomic E-state index is 14.1. The average molecular weight is 688 g/mol. The Bertz CT molecular complexity index is 1940. The molecule has 0 N–H and O–H groups in total. The van der Waals surface area contributed by atoms with Crippen molar-refractivity contribution in [2.45, 2.75) is 20.5 Å². The monoisotopic (exact) mass is 686 g/mol. The summed E-state index contributed by atoms with van der Waals surface area (Å²) < 4.78 is 7.36. The molecule has 214 valence electrons. The molecule has 0 radical (unpaired) electrons. The molecule has 5 aromatic carbocycles. The standard InChI is InChI=1S/C35H25BrCl2N2O2S/c1-21-7-14-26(17-30(21)37)39-35-40(27-15-8-22(2)31(38)18-27)34(41)33(43-35)19-29-28-6-4-3-5-24(28)11-16-32(29)42-20-23-9-12-25(36)13-10-23/h3-19H,20H2,1-2H3/b33-19+,39-35?. The van der Waals surface area contributed by atoms with E-state index in [4.69, 9.17) is 32.9 Å². The van der Waals surface area contributed by atoms with Gasteiger partial charge in [0.2, 0.25) is 0 Å². The van der Waals surface area contributed by atoms with E-state index in [9.17, 15) is 4.79 Å². The van der Waals surface area contributed by atoms with Crippen molar-refractivity contribution in [2.24, 2.45) is 4.99 Å². The third-order valence-corrected chi connectivity index (χ3v) is 9.43. The molecular weight excluding hydrogens is 663 g/mol. The minimum absolute atomic E-state index is 0.200. The number of benzene rings is 5. The van der Waals surface area contributed by atoms with Crippen molar-refractivity contribution in [2.75, 3.05) is 4.90 Å². The molecule has 4 nitrogen and oxygen atoms in total. The van der Waals surface area contributed by atoms with E-state index in [1.807, 2.05) is 105 Å². The van der Waals surface area contributed by atoms with Crippen molar-refractivity contribution in [3.05, 3.63) is 139 Å². The predicted molar refractivity (Wildman–Crippen MR) is 185 cm³/mol. The molecule has 0 bridgehead atoms. The van der Waals surface area contributed by atoms with E-state index in [0.29, 0.717) is 43.8 Å². The van der Waals surface area contributed by atoms with Gasteiger partial charge in [-0.15, -0.1) is 0 Å². The molecule has 1 aliphatic heterocycles. The van der Waals surface area contributed by atoms with Gasteiger partial charge in [-0.3, -0.25) is 9.69 Å². The van der Waals surface area contributed by atoms with Crippen LogP contribution in [-0.2, 0) is 11.4 Å². The number of aryl methyl sites for hydroxylation is 2. The third-order valence-electron chi connectivity index (χ3n) is 7.11. The van der Waals surface area contributed by atoms with Gasteiger partial charge in [-0.25, -0.2) is 4.99 Å². The average Bonchev–Trinajstić information content (AvgIpc) is 3.30. The van der Waals surface area contributed by atoms with Crippen LogP contribution in [0.25, 0.3) is 16.8 Å². The van der Waals surface area contributed by atoms with Crippen molar-refractivity contribution in [3.63, 3.8) is 0 Å². The minimum atomic E-state index is -0.200. The zero-order valence-corrected chi connectivity index (χ0v) is 27.2. The summed E-state index contributed by atoms with van der Waals surface area (Å²) in [6, 6.07) is 31.3. The number of aliphatic imine (C=N–C) groups is 1. The van der Waals surface area contributed by atoms with Crippen LogP contribution in [-0.4, -0.2) is 11.1 Å². The van der Waals surface area contributed by atoms with Gasteiger partial charge in [0.1, 0.15) is 12.4 Å². The van der Waals surface area contributed by atoms with Crippen molar-refractivity contribution in [3.8, 4) is 5.75 Å². The summed E-state index contributed by atoms with van der Waals surface area (Å²) in [6.45, 7) is 4.25. The second-order valence-corrected chi connectivity index (χ2v) is 12.9. The summed E-state index contributed by atoms with van der Waals surface area (Å²) in [4.78, 5) is 21.1. The van der Waals surface area contributed by atoms with E-state index < -0.39 is 0 Å². The van der Waals surface area contributed by atoms with Gasteiger partial charge in [-0.1, -0.05) is 93.7 Å². The Morgan fingerprint density at radius 3 is 2.35 bits per heavy atom. The van der Waals surface area contributed by atoms with Crippen LogP contribution in [0.5, 0.6) is 5.75 Å². The molecule has 1 fully saturated rings. The fourth-order valence-corrected chi connectivity index (χ4v) is 6.28. The quantitative estimate of drug-likeness (QED) is 0.167. The van der Waals surface area contributed by atoms with Gasteiger partial charge in [0.15, 0.2) is 5.17 Å². The van der Waals surface area contributed by atoms with E-state index in [-0.39, 0.29) is 5.91 Å². The first kappa shape index (κ1) is 29.5. The number of carbonyl (C=O) groups is 1. The maximum Gasteiger partial charge on any atom is 0.271 e. The number of nitrogens with zero attached hydrogens (tertiary/aromatic N) is 2. The lowest BCUT2D eigenvalue weighted by atomic mass is 10.0. The molecule has 1 aliphatic rings. The van der Waals surface area contributed by atoms with Crippen LogP contribution in [0.2, 0.25) is 10.0 Å². The van der Waals surface area contributed by atoms with Gasteiger partial charge >= 0.3 is 0 Å². The van der Waals surface area contributed by atoms with Gasteiger partial charge in [-0.2, -0.15) is 0 Å². The first-order chi connectivity index (χ1) is 20.8. The predicted octanol–water partition coefficient (Wildman–Crippen LogP) is 10.9. The minimum Gasteiger partial charge on any atom is -0.488 e. The largest absolute Gasteiger partial charge is 0.488 e. The second kappa shape index (κ2) is 12.6. The first-order valence-electron chi connectivity index (χ1n) is 13.5. The fourth-order valence-electron chi connectivity index (χ4n) is 4.68. The molecule has 1 amide bonds. The van der Waals surface area contributed by atoms with E-state index in [1.54, 1.807) is 17.0 Å². The van der Waals surface area contributed by atoms with Crippen LogP contribution in [0, 0.1) is 13.8 Å². The molecule has 8 heteroatoms. The van der Waals surface area contributed by atoms with Gasteiger partial charge in [-0.05, 0) is 102 Å². The number of amidine groups is 1. The number of anilines is 1. The Morgan fingerprint density at radius 1 is 0.884 bits per heavy atom. The Hall–Kier alpha value is -3.55. The summed E-state index contributed by atoms with van der Waals surface area (Å²) in [6.07, 6.45) is 1.90. The lowest BCUT2D eigenvalue weighted by Gasteiger charge is -2.17. The van der Waals surface area contributed by atoms with E-state index >= 15 is 0 Å². The van der Waals surface area contributed by atoms with Gasteiger partial charge in [0, 0.05) is 20.1 Å². The molecule has 5 aromatic rings. The van der Waals surface area contributed by atoms with Gasteiger partial charge in [0.25, 0.3) is 5.91 Å². The van der Waals surface area contributed by atoms with Gasteiger partial charge < -0.3 is 4.74 Å².